The highest BCUT2D eigenvalue weighted by Gasteiger charge is 2.19. The molecule has 0 spiro atoms. The van der Waals surface area contributed by atoms with E-state index in [2.05, 4.69) is 24.9 Å². The quantitative estimate of drug-likeness (QED) is 0.623. The summed E-state index contributed by atoms with van der Waals surface area (Å²) in [4.78, 5) is 8.49. The molecule has 0 aliphatic carbocycles. The number of fused-ring (bicyclic) bond motifs is 1. The van der Waals surface area contributed by atoms with E-state index >= 15 is 0 Å². The number of imidazole rings is 1. The third kappa shape index (κ3) is 2.30. The maximum Gasteiger partial charge on any atom is 0.199 e. The minimum atomic E-state index is -0.342. The van der Waals surface area contributed by atoms with Gasteiger partial charge in [0.1, 0.15) is 5.82 Å². The molecule has 0 aliphatic rings. The number of rotatable bonds is 3. The molecule has 4 rings (SSSR count). The van der Waals surface area contributed by atoms with Gasteiger partial charge in [-0.05, 0) is 46.2 Å². The third-order valence-electron chi connectivity index (χ3n) is 3.53. The van der Waals surface area contributed by atoms with Crippen molar-refractivity contribution >= 4 is 16.9 Å². The van der Waals surface area contributed by atoms with E-state index in [9.17, 15) is 4.39 Å². The van der Waals surface area contributed by atoms with Crippen molar-refractivity contribution < 1.29 is 9.02 Å². The van der Waals surface area contributed by atoms with Crippen molar-refractivity contribution in [1.29, 1.82) is 0 Å². The van der Waals surface area contributed by atoms with Crippen molar-refractivity contribution in [3.05, 3.63) is 54.1 Å². The van der Waals surface area contributed by atoms with Crippen LogP contribution in [0.15, 0.2) is 47.4 Å². The molecule has 0 unspecified atom stereocenters. The summed E-state index contributed by atoms with van der Waals surface area (Å²) in [6.45, 7) is 0.462. The SMILES string of the molecule is Nc1nonc1-c1nc2ccc(F)cc2n1Cc1ccncc1. The minimum Gasteiger partial charge on any atom is -0.379 e. The zero-order chi connectivity index (χ0) is 15.8. The normalized spacial score (nSPS) is 11.2. The van der Waals surface area contributed by atoms with Gasteiger partial charge in [0.2, 0.25) is 0 Å². The van der Waals surface area contributed by atoms with Crippen LogP contribution in [0.2, 0.25) is 0 Å². The first-order chi connectivity index (χ1) is 11.2. The van der Waals surface area contributed by atoms with E-state index in [-0.39, 0.29) is 11.6 Å². The van der Waals surface area contributed by atoms with Gasteiger partial charge in [0.15, 0.2) is 17.3 Å². The third-order valence-corrected chi connectivity index (χ3v) is 3.53. The van der Waals surface area contributed by atoms with Crippen LogP contribution in [0.5, 0.6) is 0 Å². The molecular formula is C15H11FN6O. The van der Waals surface area contributed by atoms with Crippen molar-refractivity contribution in [3.63, 3.8) is 0 Å². The molecule has 23 heavy (non-hydrogen) atoms. The number of nitrogens with zero attached hydrogens (tertiary/aromatic N) is 5. The summed E-state index contributed by atoms with van der Waals surface area (Å²) >= 11 is 0. The molecule has 0 aliphatic heterocycles. The fraction of sp³-hybridized carbons (Fsp3) is 0.0667. The van der Waals surface area contributed by atoms with Gasteiger partial charge in [0.25, 0.3) is 0 Å². The first-order valence-corrected chi connectivity index (χ1v) is 6.85. The van der Waals surface area contributed by atoms with Gasteiger partial charge in [0.05, 0.1) is 11.0 Å². The lowest BCUT2D eigenvalue weighted by Gasteiger charge is -2.08. The molecule has 0 bridgehead atoms. The Morgan fingerprint density at radius 1 is 1.13 bits per heavy atom. The van der Waals surface area contributed by atoms with Crippen LogP contribution in [-0.2, 0) is 6.54 Å². The summed E-state index contributed by atoms with van der Waals surface area (Å²) in [5, 5.41) is 7.39. The second-order valence-corrected chi connectivity index (χ2v) is 5.01. The molecule has 0 amide bonds. The highest BCUT2D eigenvalue weighted by molar-refractivity contribution is 5.81. The Morgan fingerprint density at radius 3 is 2.70 bits per heavy atom. The van der Waals surface area contributed by atoms with Crippen molar-refractivity contribution in [1.82, 2.24) is 24.8 Å². The second-order valence-electron chi connectivity index (χ2n) is 5.01. The lowest BCUT2D eigenvalue weighted by Crippen LogP contribution is -2.04. The molecule has 7 nitrogen and oxygen atoms in total. The average molecular weight is 310 g/mol. The Balaban J connectivity index is 1.95. The van der Waals surface area contributed by atoms with Gasteiger partial charge in [-0.25, -0.2) is 14.0 Å². The van der Waals surface area contributed by atoms with Crippen LogP contribution in [0, 0.1) is 5.82 Å². The summed E-state index contributed by atoms with van der Waals surface area (Å²) in [6.07, 6.45) is 3.39. The monoisotopic (exact) mass is 310 g/mol. The summed E-state index contributed by atoms with van der Waals surface area (Å²) in [7, 11) is 0. The highest BCUT2D eigenvalue weighted by atomic mass is 19.1. The van der Waals surface area contributed by atoms with Crippen LogP contribution in [-0.4, -0.2) is 24.8 Å². The van der Waals surface area contributed by atoms with Crippen LogP contribution in [0.1, 0.15) is 5.56 Å². The molecule has 0 radical (unpaired) electrons. The molecule has 3 aromatic heterocycles. The molecule has 0 saturated heterocycles. The summed E-state index contributed by atoms with van der Waals surface area (Å²) in [6, 6.07) is 8.15. The number of hydrogen-bond acceptors (Lipinski definition) is 6. The van der Waals surface area contributed by atoms with Crippen LogP contribution in [0.25, 0.3) is 22.6 Å². The molecule has 0 fully saturated rings. The number of hydrogen-bond donors (Lipinski definition) is 1. The standard InChI is InChI=1S/C15H11FN6O/c16-10-1-2-11-12(7-10)22(8-9-3-5-18-6-4-9)15(19-11)13-14(17)21-23-20-13/h1-7H,8H2,(H2,17,21). The number of benzene rings is 1. The predicted molar refractivity (Wildman–Crippen MR) is 80.7 cm³/mol. The summed E-state index contributed by atoms with van der Waals surface area (Å²) in [5.41, 5.74) is 8.37. The van der Waals surface area contributed by atoms with Gasteiger partial charge in [-0.1, -0.05) is 0 Å². The fourth-order valence-corrected chi connectivity index (χ4v) is 2.46. The van der Waals surface area contributed by atoms with Crippen LogP contribution in [0.4, 0.5) is 10.2 Å². The maximum atomic E-state index is 13.7. The minimum absolute atomic E-state index is 0.136. The van der Waals surface area contributed by atoms with Crippen LogP contribution < -0.4 is 5.73 Å². The molecule has 3 heterocycles. The molecule has 1 aromatic carbocycles. The zero-order valence-corrected chi connectivity index (χ0v) is 11.8. The predicted octanol–water partition coefficient (Wildman–Crippen LogP) is 2.25. The van der Waals surface area contributed by atoms with E-state index in [0.29, 0.717) is 29.1 Å². The molecule has 2 N–H and O–H groups in total. The van der Waals surface area contributed by atoms with E-state index in [0.717, 1.165) is 5.56 Å². The van der Waals surface area contributed by atoms with Gasteiger partial charge < -0.3 is 10.3 Å². The Labute approximate surface area is 129 Å². The van der Waals surface area contributed by atoms with E-state index in [1.807, 2.05) is 16.7 Å². The van der Waals surface area contributed by atoms with E-state index < -0.39 is 0 Å². The number of halogens is 1. The number of nitrogen functional groups attached to an aromatic ring is 1. The average Bonchev–Trinajstić information content (AvgIpc) is 3.12. The summed E-state index contributed by atoms with van der Waals surface area (Å²) < 4.78 is 20.1. The number of pyridine rings is 1. The molecular weight excluding hydrogens is 299 g/mol. The van der Waals surface area contributed by atoms with Gasteiger partial charge in [-0.3, -0.25) is 4.98 Å². The molecule has 8 heteroatoms. The van der Waals surface area contributed by atoms with Gasteiger partial charge in [-0.15, -0.1) is 0 Å². The first-order valence-electron chi connectivity index (χ1n) is 6.85. The molecule has 0 saturated carbocycles. The fourth-order valence-electron chi connectivity index (χ4n) is 2.46. The van der Waals surface area contributed by atoms with E-state index in [1.54, 1.807) is 18.5 Å². The Bertz CT molecular complexity index is 978. The molecule has 114 valence electrons. The first kappa shape index (κ1) is 13.4. The number of aromatic nitrogens is 5. The zero-order valence-electron chi connectivity index (χ0n) is 11.8. The van der Waals surface area contributed by atoms with Crippen molar-refractivity contribution in [3.8, 4) is 11.5 Å². The van der Waals surface area contributed by atoms with Gasteiger partial charge in [0, 0.05) is 18.9 Å². The maximum absolute atomic E-state index is 13.7. The number of nitrogens with two attached hydrogens (primary N) is 1. The largest absolute Gasteiger partial charge is 0.379 e. The highest BCUT2D eigenvalue weighted by Crippen LogP contribution is 2.27. The number of anilines is 1. The van der Waals surface area contributed by atoms with Gasteiger partial charge >= 0.3 is 0 Å². The topological polar surface area (TPSA) is 95.6 Å². The van der Waals surface area contributed by atoms with Gasteiger partial charge in [-0.2, -0.15) is 0 Å². The van der Waals surface area contributed by atoms with E-state index in [1.165, 1.54) is 12.1 Å². The lowest BCUT2D eigenvalue weighted by atomic mass is 10.2. The summed E-state index contributed by atoms with van der Waals surface area (Å²) in [5.74, 6) is 0.268. The Kier molecular flexibility index (Phi) is 3.00. The Morgan fingerprint density at radius 2 is 1.96 bits per heavy atom. The van der Waals surface area contributed by atoms with Crippen LogP contribution >= 0.6 is 0 Å². The second kappa shape index (κ2) is 5.16. The van der Waals surface area contributed by atoms with Crippen molar-refractivity contribution in [2.75, 3.05) is 5.73 Å². The van der Waals surface area contributed by atoms with Crippen LogP contribution in [0.3, 0.4) is 0 Å². The van der Waals surface area contributed by atoms with E-state index in [4.69, 9.17) is 5.73 Å². The van der Waals surface area contributed by atoms with Crippen molar-refractivity contribution in [2.24, 2.45) is 0 Å². The smallest absolute Gasteiger partial charge is 0.199 e. The lowest BCUT2D eigenvalue weighted by molar-refractivity contribution is 0.310. The van der Waals surface area contributed by atoms with Crippen molar-refractivity contribution in [2.45, 2.75) is 6.54 Å². The Hall–Kier alpha value is -3.29. The molecule has 0 atom stereocenters. The molecule has 4 aromatic rings.